The summed E-state index contributed by atoms with van der Waals surface area (Å²) in [7, 11) is 0. The molecule has 2 aliphatic rings. The highest BCUT2D eigenvalue weighted by Crippen LogP contribution is 2.37. The third-order valence-electron chi connectivity index (χ3n) is 12.9. The molecule has 15 heteroatoms. The Kier molecular flexibility index (Phi) is 20.0. The number of carbonyl (C=O) groups excluding carboxylic acids is 4. The summed E-state index contributed by atoms with van der Waals surface area (Å²) in [6.07, 6.45) is -11.1. The Morgan fingerprint density at radius 3 is 1.17 bits per heavy atom. The van der Waals surface area contributed by atoms with Crippen molar-refractivity contribution in [2.45, 2.75) is 87.3 Å². The van der Waals surface area contributed by atoms with Crippen molar-refractivity contribution in [3.63, 3.8) is 0 Å². The number of benzene rings is 7. The van der Waals surface area contributed by atoms with Gasteiger partial charge in [-0.3, -0.25) is 0 Å². The number of esters is 4. The zero-order valence-corrected chi connectivity index (χ0v) is 43.7. The molecule has 2 heterocycles. The van der Waals surface area contributed by atoms with Crippen molar-refractivity contribution in [3.05, 3.63) is 251 Å². The maximum Gasteiger partial charge on any atom is 0.338 e. The van der Waals surface area contributed by atoms with Crippen LogP contribution in [0.3, 0.4) is 0 Å². The zero-order chi connectivity index (χ0) is 53.9. The summed E-state index contributed by atoms with van der Waals surface area (Å²) in [6, 6.07) is 62.2. The maximum atomic E-state index is 14.4. The molecular formula is C63H60O14S. The smallest absolute Gasteiger partial charge is 0.338 e. The lowest BCUT2D eigenvalue weighted by Crippen LogP contribution is -2.64. The lowest BCUT2D eigenvalue weighted by atomic mass is 9.97. The highest BCUT2D eigenvalue weighted by molar-refractivity contribution is 7.99. The van der Waals surface area contributed by atoms with E-state index in [4.69, 9.17) is 47.4 Å². The van der Waals surface area contributed by atoms with Crippen molar-refractivity contribution < 1.29 is 66.5 Å². The van der Waals surface area contributed by atoms with Crippen LogP contribution in [0, 0.1) is 0 Å². The molecule has 7 aromatic rings. The van der Waals surface area contributed by atoms with Gasteiger partial charge in [-0.05, 0) is 71.0 Å². The lowest BCUT2D eigenvalue weighted by Gasteiger charge is -2.47. The van der Waals surface area contributed by atoms with Gasteiger partial charge in [-0.2, -0.15) is 0 Å². The number of carbonyl (C=O) groups is 4. The lowest BCUT2D eigenvalue weighted by molar-refractivity contribution is -0.313. The largest absolute Gasteiger partial charge is 0.459 e. The first-order valence-electron chi connectivity index (χ1n) is 25.8. The molecule has 0 aliphatic carbocycles. The molecule has 2 fully saturated rings. The first-order chi connectivity index (χ1) is 38.3. The van der Waals surface area contributed by atoms with E-state index in [1.54, 1.807) is 121 Å². The third-order valence-corrected chi connectivity index (χ3v) is 14.0. The van der Waals surface area contributed by atoms with Crippen molar-refractivity contribution in [1.82, 2.24) is 0 Å². The van der Waals surface area contributed by atoms with E-state index in [1.807, 2.05) is 97.9 Å². The van der Waals surface area contributed by atoms with Gasteiger partial charge in [0, 0.05) is 0 Å². The first kappa shape index (κ1) is 55.3. The molecule has 78 heavy (non-hydrogen) atoms. The van der Waals surface area contributed by atoms with Crippen LogP contribution in [-0.4, -0.2) is 103 Å². The Morgan fingerprint density at radius 2 is 0.731 bits per heavy atom. The number of ether oxygens (including phenoxy) is 10. The molecule has 0 spiro atoms. The highest BCUT2D eigenvalue weighted by atomic mass is 32.2. The highest BCUT2D eigenvalue weighted by Gasteiger charge is 2.55. The second kappa shape index (κ2) is 28.2. The van der Waals surface area contributed by atoms with Crippen LogP contribution in [0.2, 0.25) is 0 Å². The number of rotatable bonds is 23. The van der Waals surface area contributed by atoms with Gasteiger partial charge in [0.1, 0.15) is 42.6 Å². The van der Waals surface area contributed by atoms with E-state index < -0.39 is 91.0 Å². The predicted molar refractivity (Wildman–Crippen MR) is 290 cm³/mol. The molecule has 0 N–H and O–H groups in total. The van der Waals surface area contributed by atoms with Crippen molar-refractivity contribution in [1.29, 1.82) is 0 Å². The van der Waals surface area contributed by atoms with E-state index in [9.17, 15) is 19.2 Å². The molecule has 0 bridgehead atoms. The van der Waals surface area contributed by atoms with Crippen LogP contribution in [0.4, 0.5) is 0 Å². The second-order valence-electron chi connectivity index (χ2n) is 18.3. The van der Waals surface area contributed by atoms with E-state index in [2.05, 4.69) is 0 Å². The van der Waals surface area contributed by atoms with Crippen molar-refractivity contribution in [2.75, 3.05) is 19.0 Å². The van der Waals surface area contributed by atoms with Crippen LogP contribution in [0.5, 0.6) is 0 Å². The molecular weight excluding hydrogens is 1010 g/mol. The summed E-state index contributed by atoms with van der Waals surface area (Å²) in [4.78, 5) is 56.5. The number of hydrogen-bond donors (Lipinski definition) is 0. The fourth-order valence-corrected chi connectivity index (χ4v) is 10.0. The van der Waals surface area contributed by atoms with E-state index in [1.165, 1.54) is 11.8 Å². The van der Waals surface area contributed by atoms with E-state index >= 15 is 0 Å². The van der Waals surface area contributed by atoms with E-state index in [0.717, 1.165) is 16.7 Å². The molecule has 0 unspecified atom stereocenters. The average Bonchev–Trinajstić information content (AvgIpc) is 3.52. The standard InChI is InChI=1S/C63H60O14S/c1-2-78-63-57(70-40-45-28-14-5-15-29-45)54(69-39-44-26-12-4-13-27-44)52(68-38-43-24-10-3-11-25-43)50(74-63)42-72-62-56(77-61(67)49-36-22-9-23-37-49)55(76-60(66)48-34-20-8-21-35-48)53(75-59(65)47-32-18-7-19-33-47)51(73-62)41-71-58(64)46-30-16-6-17-31-46/h3-37,50-57,62-63H,2,38-42H2,1H3/t50-,51-,52-,53-,54+,55+,56-,57-,62-,63+/m1/s1. The van der Waals surface area contributed by atoms with Gasteiger partial charge in [-0.25, -0.2) is 19.2 Å². The quantitative estimate of drug-likeness (QED) is 0.0439. The Bertz CT molecular complexity index is 2940. The monoisotopic (exact) mass is 1070 g/mol. The van der Waals surface area contributed by atoms with Crippen molar-refractivity contribution in [3.8, 4) is 0 Å². The Balaban J connectivity index is 1.11. The maximum absolute atomic E-state index is 14.4. The van der Waals surface area contributed by atoms with Crippen LogP contribution < -0.4 is 0 Å². The molecule has 0 amide bonds. The molecule has 2 saturated heterocycles. The molecule has 14 nitrogen and oxygen atoms in total. The third kappa shape index (κ3) is 15.0. The second-order valence-corrected chi connectivity index (χ2v) is 19.7. The van der Waals surface area contributed by atoms with Gasteiger partial charge < -0.3 is 47.4 Å². The molecule has 7 aromatic carbocycles. The van der Waals surface area contributed by atoms with E-state index in [0.29, 0.717) is 5.75 Å². The number of thioether (sulfide) groups is 1. The minimum atomic E-state index is -1.64. The summed E-state index contributed by atoms with van der Waals surface area (Å²) in [6.45, 7) is 1.83. The molecule has 2 aliphatic heterocycles. The Hall–Kier alpha value is -7.47. The Morgan fingerprint density at radius 1 is 0.372 bits per heavy atom. The summed E-state index contributed by atoms with van der Waals surface area (Å²) in [5, 5.41) is 0. The predicted octanol–water partition coefficient (Wildman–Crippen LogP) is 10.5. The fraction of sp³-hybridized carbons (Fsp3) is 0.270. The SMILES string of the molecule is CCS[C@@H]1O[C@H](CO[C@@H]2O[C@H](COC(=O)c3ccccc3)[C@@H](OC(=O)c3ccccc3)[C@H](OC(=O)c3ccccc3)[C@H]2OC(=O)c2ccccc2)[C@@H](OCc2ccccc2)[C@H](OCc2ccccc2)[C@H]1OCc1ccccc1. The van der Waals surface area contributed by atoms with Crippen LogP contribution in [0.15, 0.2) is 212 Å². The van der Waals surface area contributed by atoms with Gasteiger partial charge in [0.05, 0.1) is 48.7 Å². The van der Waals surface area contributed by atoms with Gasteiger partial charge in [0.2, 0.25) is 0 Å². The molecule has 0 saturated carbocycles. The summed E-state index contributed by atoms with van der Waals surface area (Å²) in [5.41, 5.74) is 2.86. The van der Waals surface area contributed by atoms with Gasteiger partial charge in [-0.1, -0.05) is 171 Å². The normalized spacial score (nSPS) is 22.8. The molecule has 10 atom stereocenters. The average molecular weight is 1070 g/mol. The Labute approximate surface area is 457 Å². The van der Waals surface area contributed by atoms with Crippen LogP contribution in [-0.2, 0) is 67.2 Å². The number of hydrogen-bond acceptors (Lipinski definition) is 15. The molecule has 0 aromatic heterocycles. The summed E-state index contributed by atoms with van der Waals surface area (Å²) in [5.74, 6) is -2.55. The van der Waals surface area contributed by atoms with Gasteiger partial charge >= 0.3 is 23.9 Å². The van der Waals surface area contributed by atoms with Crippen LogP contribution >= 0.6 is 11.8 Å². The van der Waals surface area contributed by atoms with Crippen molar-refractivity contribution >= 4 is 35.6 Å². The van der Waals surface area contributed by atoms with Crippen LogP contribution in [0.1, 0.15) is 65.0 Å². The molecule has 0 radical (unpaired) electrons. The van der Waals surface area contributed by atoms with Crippen LogP contribution in [0.25, 0.3) is 0 Å². The molecule has 9 rings (SSSR count). The van der Waals surface area contributed by atoms with E-state index in [-0.39, 0.29) is 48.7 Å². The topological polar surface area (TPSA) is 161 Å². The van der Waals surface area contributed by atoms with Gasteiger partial charge in [0.25, 0.3) is 0 Å². The minimum Gasteiger partial charge on any atom is -0.459 e. The van der Waals surface area contributed by atoms with Gasteiger partial charge in [0.15, 0.2) is 24.6 Å². The molecule has 402 valence electrons. The zero-order valence-electron chi connectivity index (χ0n) is 42.8. The summed E-state index contributed by atoms with van der Waals surface area (Å²) < 4.78 is 66.1. The first-order valence-corrected chi connectivity index (χ1v) is 26.9. The summed E-state index contributed by atoms with van der Waals surface area (Å²) >= 11 is 1.53. The minimum absolute atomic E-state index is 0.147. The van der Waals surface area contributed by atoms with Gasteiger partial charge in [-0.15, -0.1) is 11.8 Å². The fourth-order valence-electron chi connectivity index (χ4n) is 9.03. The van der Waals surface area contributed by atoms with Crippen molar-refractivity contribution in [2.24, 2.45) is 0 Å².